The molecule has 0 amide bonds. The highest BCUT2D eigenvalue weighted by molar-refractivity contribution is 5.79. The zero-order chi connectivity index (χ0) is 22.8. The van der Waals surface area contributed by atoms with Crippen molar-refractivity contribution in [2.24, 2.45) is 7.05 Å². The Morgan fingerprint density at radius 2 is 1.88 bits per heavy atom. The van der Waals surface area contributed by atoms with Gasteiger partial charge in [-0.15, -0.1) is 5.10 Å². The van der Waals surface area contributed by atoms with Crippen LogP contribution in [0.5, 0.6) is 0 Å². The highest BCUT2D eigenvalue weighted by Gasteiger charge is 2.15. The van der Waals surface area contributed by atoms with Crippen molar-refractivity contribution >= 4 is 0 Å². The molecular weight excluding hydrogens is 416 g/mol. The first kappa shape index (κ1) is 20.6. The number of pyridine rings is 1. The third kappa shape index (κ3) is 3.89. The molecule has 0 atom stereocenters. The molecule has 0 unspecified atom stereocenters. The van der Waals surface area contributed by atoms with Gasteiger partial charge >= 0.3 is 5.69 Å². The molecule has 0 aliphatic carbocycles. The molecule has 0 aliphatic rings. The molecular formula is C24H24N8O. The summed E-state index contributed by atoms with van der Waals surface area (Å²) in [6.45, 7) is 2.53. The Hall–Kier alpha value is -4.27. The van der Waals surface area contributed by atoms with Gasteiger partial charge in [-0.1, -0.05) is 43.7 Å². The van der Waals surface area contributed by atoms with E-state index in [1.54, 1.807) is 4.57 Å². The van der Waals surface area contributed by atoms with Crippen molar-refractivity contribution in [1.29, 1.82) is 0 Å². The lowest BCUT2D eigenvalue weighted by molar-refractivity contribution is 0.675. The summed E-state index contributed by atoms with van der Waals surface area (Å²) < 4.78 is 5.46. The number of rotatable bonds is 7. The highest BCUT2D eigenvalue weighted by Crippen LogP contribution is 2.29. The molecule has 0 saturated heterocycles. The van der Waals surface area contributed by atoms with Crippen LogP contribution in [0.25, 0.3) is 28.3 Å². The molecule has 0 bridgehead atoms. The zero-order valence-electron chi connectivity index (χ0n) is 18.5. The Morgan fingerprint density at radius 3 is 2.55 bits per heavy atom. The molecule has 1 N–H and O–H groups in total. The molecule has 9 nitrogen and oxygen atoms in total. The van der Waals surface area contributed by atoms with Crippen LogP contribution < -0.4 is 5.69 Å². The maximum absolute atomic E-state index is 13.2. The molecule has 4 heterocycles. The molecule has 0 aliphatic heterocycles. The number of nitrogens with one attached hydrogen (secondary N) is 1. The van der Waals surface area contributed by atoms with Crippen molar-refractivity contribution in [2.75, 3.05) is 0 Å². The maximum atomic E-state index is 13.2. The van der Waals surface area contributed by atoms with Gasteiger partial charge in [0.05, 0.1) is 12.2 Å². The largest absolute Gasteiger partial charge is 0.337 e. The molecule has 5 aromatic rings. The van der Waals surface area contributed by atoms with E-state index in [4.69, 9.17) is 0 Å². The third-order valence-electron chi connectivity index (χ3n) is 5.71. The van der Waals surface area contributed by atoms with Crippen LogP contribution in [0, 0.1) is 0 Å². The molecule has 9 heteroatoms. The fourth-order valence-electron chi connectivity index (χ4n) is 4.07. The van der Waals surface area contributed by atoms with Gasteiger partial charge in [-0.25, -0.2) is 9.89 Å². The molecule has 4 aromatic heterocycles. The Morgan fingerprint density at radius 1 is 1.03 bits per heavy atom. The van der Waals surface area contributed by atoms with Crippen molar-refractivity contribution in [3.8, 4) is 28.3 Å². The number of aryl methyl sites for hydroxylation is 2. The van der Waals surface area contributed by atoms with E-state index >= 15 is 0 Å². The lowest BCUT2D eigenvalue weighted by atomic mass is 10.0. The minimum atomic E-state index is -0.0608. The second-order valence-electron chi connectivity index (χ2n) is 7.92. The number of tetrazole rings is 1. The predicted molar refractivity (Wildman–Crippen MR) is 125 cm³/mol. The van der Waals surface area contributed by atoms with Crippen LogP contribution in [0.4, 0.5) is 0 Å². The second kappa shape index (κ2) is 8.70. The highest BCUT2D eigenvalue weighted by atomic mass is 16.1. The Bertz CT molecular complexity index is 1420. The molecule has 0 spiro atoms. The van der Waals surface area contributed by atoms with Crippen molar-refractivity contribution in [1.82, 2.24) is 39.3 Å². The molecule has 0 radical (unpaired) electrons. The molecule has 1 aromatic carbocycles. The Kier molecular flexibility index (Phi) is 5.43. The van der Waals surface area contributed by atoms with E-state index in [-0.39, 0.29) is 5.69 Å². The van der Waals surface area contributed by atoms with Gasteiger partial charge < -0.3 is 4.57 Å². The SMILES string of the molecule is CCCc1cn(-c2cccn2C)c(=O)n1Cc1ccc(-c2ccccc2-c2nnn[nH]2)cn1. The van der Waals surface area contributed by atoms with Crippen molar-refractivity contribution in [3.63, 3.8) is 0 Å². The van der Waals surface area contributed by atoms with Gasteiger partial charge in [0.2, 0.25) is 0 Å². The monoisotopic (exact) mass is 440 g/mol. The summed E-state index contributed by atoms with van der Waals surface area (Å²) in [7, 11) is 1.94. The average molecular weight is 441 g/mol. The van der Waals surface area contributed by atoms with Crippen LogP contribution in [0.3, 0.4) is 0 Å². The third-order valence-corrected chi connectivity index (χ3v) is 5.71. The minimum absolute atomic E-state index is 0.0608. The van der Waals surface area contributed by atoms with E-state index in [1.165, 1.54) is 0 Å². The summed E-state index contributed by atoms with van der Waals surface area (Å²) in [5, 5.41) is 14.2. The normalized spacial score (nSPS) is 11.2. The van der Waals surface area contributed by atoms with Gasteiger partial charge in [-0.2, -0.15) is 0 Å². The van der Waals surface area contributed by atoms with Gasteiger partial charge in [0.15, 0.2) is 5.82 Å². The second-order valence-corrected chi connectivity index (χ2v) is 7.92. The fraction of sp³-hybridized carbons (Fsp3) is 0.208. The van der Waals surface area contributed by atoms with Gasteiger partial charge in [0.25, 0.3) is 0 Å². The van der Waals surface area contributed by atoms with E-state index in [1.807, 2.05) is 83.3 Å². The van der Waals surface area contributed by atoms with E-state index in [9.17, 15) is 4.79 Å². The van der Waals surface area contributed by atoms with Crippen LogP contribution >= 0.6 is 0 Å². The number of nitrogens with zero attached hydrogens (tertiary/aromatic N) is 7. The molecule has 0 saturated carbocycles. The maximum Gasteiger partial charge on any atom is 0.334 e. The summed E-state index contributed by atoms with van der Waals surface area (Å²) in [4.78, 5) is 17.9. The van der Waals surface area contributed by atoms with Gasteiger partial charge in [0.1, 0.15) is 5.82 Å². The number of hydrogen-bond acceptors (Lipinski definition) is 5. The number of benzene rings is 1. The van der Waals surface area contributed by atoms with E-state index in [0.29, 0.717) is 12.4 Å². The van der Waals surface area contributed by atoms with Gasteiger partial charge in [-0.3, -0.25) is 14.1 Å². The standard InChI is InChI=1S/C24H24N8O/c1-3-7-19-16-32(22-10-6-13-30(22)2)24(33)31(19)15-18-12-11-17(14-25-18)20-8-4-5-9-21(20)23-26-28-29-27-23/h4-6,8-14,16H,3,7,15H2,1-2H3,(H,26,27,28,29). The quantitative estimate of drug-likeness (QED) is 0.419. The predicted octanol–water partition coefficient (Wildman–Crippen LogP) is 3.22. The van der Waals surface area contributed by atoms with Crippen LogP contribution in [0.15, 0.2) is 71.9 Å². The van der Waals surface area contributed by atoms with Crippen LogP contribution in [-0.4, -0.2) is 39.3 Å². The lowest BCUT2D eigenvalue weighted by Gasteiger charge is -2.09. The topological polar surface area (TPSA) is 99.2 Å². The number of H-pyrrole nitrogens is 1. The first-order chi connectivity index (χ1) is 16.2. The summed E-state index contributed by atoms with van der Waals surface area (Å²) in [6.07, 6.45) is 7.49. The van der Waals surface area contributed by atoms with Crippen LogP contribution in [-0.2, 0) is 20.0 Å². The van der Waals surface area contributed by atoms with E-state index < -0.39 is 0 Å². The minimum Gasteiger partial charge on any atom is -0.337 e. The van der Waals surface area contributed by atoms with Crippen molar-refractivity contribution in [3.05, 3.63) is 89.0 Å². The number of imidazole rings is 1. The number of hydrogen-bond donors (Lipinski definition) is 1. The van der Waals surface area contributed by atoms with Gasteiger partial charge in [-0.05, 0) is 40.6 Å². The first-order valence-electron chi connectivity index (χ1n) is 10.9. The summed E-state index contributed by atoms with van der Waals surface area (Å²) in [5.41, 5.74) is 4.59. The number of aromatic amines is 1. The van der Waals surface area contributed by atoms with Crippen LogP contribution in [0.1, 0.15) is 24.7 Å². The summed E-state index contributed by atoms with van der Waals surface area (Å²) >= 11 is 0. The van der Waals surface area contributed by atoms with Gasteiger partial charge in [0, 0.05) is 42.5 Å². The Balaban J connectivity index is 1.47. The molecule has 166 valence electrons. The lowest BCUT2D eigenvalue weighted by Crippen LogP contribution is -2.26. The zero-order valence-corrected chi connectivity index (χ0v) is 18.5. The fourth-order valence-corrected chi connectivity index (χ4v) is 4.07. The van der Waals surface area contributed by atoms with E-state index in [0.717, 1.165) is 46.7 Å². The molecule has 5 rings (SSSR count). The number of aromatic nitrogens is 8. The average Bonchev–Trinajstić information content (AvgIpc) is 3.58. The van der Waals surface area contributed by atoms with E-state index in [2.05, 4.69) is 32.5 Å². The van der Waals surface area contributed by atoms with Crippen molar-refractivity contribution < 1.29 is 0 Å². The smallest absolute Gasteiger partial charge is 0.334 e. The molecule has 33 heavy (non-hydrogen) atoms. The van der Waals surface area contributed by atoms with Crippen molar-refractivity contribution in [2.45, 2.75) is 26.3 Å². The summed E-state index contributed by atoms with van der Waals surface area (Å²) in [5.74, 6) is 1.45. The Labute approximate surface area is 190 Å². The molecule has 0 fully saturated rings. The van der Waals surface area contributed by atoms with Crippen LogP contribution in [0.2, 0.25) is 0 Å². The first-order valence-corrected chi connectivity index (χ1v) is 10.9. The summed E-state index contributed by atoms with van der Waals surface area (Å²) in [6, 6.07) is 15.8.